The van der Waals surface area contributed by atoms with E-state index >= 15 is 4.39 Å². The van der Waals surface area contributed by atoms with Crippen molar-refractivity contribution in [2.45, 2.75) is 50.0 Å². The third-order valence-corrected chi connectivity index (χ3v) is 21.3. The van der Waals surface area contributed by atoms with Crippen LogP contribution in [-0.2, 0) is 28.6 Å². The van der Waals surface area contributed by atoms with E-state index in [4.69, 9.17) is 57.5 Å². The molecule has 7 aliphatic rings. The van der Waals surface area contributed by atoms with Crippen LogP contribution in [0.25, 0.3) is 11.3 Å². The average Bonchev–Trinajstić information content (AvgIpc) is 1.75. The Bertz CT molecular complexity index is 4530. The number of aromatic nitrogens is 3. The number of morpholine rings is 1. The van der Waals surface area contributed by atoms with Crippen molar-refractivity contribution in [3.05, 3.63) is 184 Å². The zero-order chi connectivity index (χ0) is 70.9. The number of esters is 2. The first-order valence-electron chi connectivity index (χ1n) is 32.0. The van der Waals surface area contributed by atoms with Gasteiger partial charge in [0.1, 0.15) is 29.5 Å². The molecule has 0 saturated carbocycles. The quantitative estimate of drug-likeness (QED) is 0.0582. The molecule has 101 heavy (non-hydrogen) atoms. The lowest BCUT2D eigenvalue weighted by molar-refractivity contribution is -0.138. The summed E-state index contributed by atoms with van der Waals surface area (Å²) in [7, 11) is 2.57. The summed E-state index contributed by atoms with van der Waals surface area (Å²) >= 11 is 17.1. The molecule has 7 aromatic rings. The summed E-state index contributed by atoms with van der Waals surface area (Å²) in [5, 5.41) is 32.6. The second-order valence-corrected chi connectivity index (χ2v) is 28.1. The SMILES string of the molecule is COC(=O)C1=C(CN2CCN3C(=O)N(c4cc(F)cc(N5CCO[C@H](CCC(=O)O)C5)c4)C[C@@H]3C2)NC(c2nccs2)=N[C@H]1c1ccc(F)cc1Cl.COC(=O)C1=C(CN2CCN3C(=O)N(c4nc(-c5cc(C)cc(C(=O)O)c5)cs4)C[C@@H]3C2)NC(c2nccs2)=N[C@H]1c1ccc(F)cc1Cl. The molecule has 10 heterocycles. The average molecular weight is 1480 g/mol. The lowest BCUT2D eigenvalue weighted by atomic mass is 9.95. The number of carboxylic acid groups (broad SMARTS) is 2. The largest absolute Gasteiger partial charge is 0.481 e. The first-order chi connectivity index (χ1) is 48.7. The number of aromatic carboxylic acids is 1. The molecule has 25 nitrogen and oxygen atoms in total. The molecule has 0 bridgehead atoms. The third kappa shape index (κ3) is 15.2. The fraction of sp³-hybridized carbons (Fsp3) is 0.338. The topological polar surface area (TPSA) is 281 Å². The minimum Gasteiger partial charge on any atom is -0.481 e. The van der Waals surface area contributed by atoms with Gasteiger partial charge in [-0.3, -0.25) is 34.4 Å². The number of amides is 4. The van der Waals surface area contributed by atoms with Crippen LogP contribution >= 0.6 is 57.2 Å². The summed E-state index contributed by atoms with van der Waals surface area (Å²) in [6.07, 6.45) is 3.33. The number of methoxy groups -OCH3 is 2. The number of thiazole rings is 3. The Labute approximate surface area is 598 Å². The van der Waals surface area contributed by atoms with E-state index in [2.05, 4.69) is 30.4 Å². The number of piperazine rings is 2. The number of amidine groups is 2. The second-order valence-electron chi connectivity index (χ2n) is 24.7. The van der Waals surface area contributed by atoms with Crippen molar-refractivity contribution < 1.29 is 66.4 Å². The number of carboxylic acids is 2. The summed E-state index contributed by atoms with van der Waals surface area (Å²) < 4.78 is 59.3. The summed E-state index contributed by atoms with van der Waals surface area (Å²) in [5.74, 6) is -3.77. The molecule has 0 aliphatic carbocycles. The third-order valence-electron chi connectivity index (χ3n) is 18.2. The molecule has 526 valence electrons. The highest BCUT2D eigenvalue weighted by Crippen LogP contribution is 2.41. The number of hydrogen-bond acceptors (Lipinski definition) is 22. The van der Waals surface area contributed by atoms with Crippen molar-refractivity contribution in [3.63, 3.8) is 0 Å². The normalized spacial score (nSPS) is 21.0. The van der Waals surface area contributed by atoms with E-state index < -0.39 is 53.4 Å². The van der Waals surface area contributed by atoms with Crippen LogP contribution in [0.2, 0.25) is 10.0 Å². The van der Waals surface area contributed by atoms with Crippen molar-refractivity contribution in [1.82, 2.24) is 45.2 Å². The number of aryl methyl sites for hydroxylation is 1. The monoisotopic (exact) mass is 1480 g/mol. The smallest absolute Gasteiger partial charge is 0.338 e. The number of nitrogens with one attached hydrogen (secondary N) is 2. The van der Waals surface area contributed by atoms with Crippen molar-refractivity contribution >= 4 is 121 Å². The molecule has 3 aromatic heterocycles. The molecular weight excluding hydrogens is 1410 g/mol. The van der Waals surface area contributed by atoms with E-state index in [1.54, 1.807) is 45.3 Å². The minimum absolute atomic E-state index is 0.0233. The van der Waals surface area contributed by atoms with Crippen LogP contribution in [0.1, 0.15) is 62.0 Å². The molecule has 4 amide bonds. The number of aliphatic imine (C=N–C) groups is 2. The number of urea groups is 2. The predicted molar refractivity (Wildman–Crippen MR) is 374 cm³/mol. The number of hydrogen-bond donors (Lipinski definition) is 4. The summed E-state index contributed by atoms with van der Waals surface area (Å²) in [6, 6.07) is 15.0. The maximum absolute atomic E-state index is 15.1. The maximum Gasteiger partial charge on any atom is 0.338 e. The zero-order valence-electron chi connectivity index (χ0n) is 54.4. The first-order valence-corrected chi connectivity index (χ1v) is 35.4. The predicted octanol–water partition coefficient (Wildman–Crippen LogP) is 9.50. The van der Waals surface area contributed by atoms with Gasteiger partial charge >= 0.3 is 35.9 Å². The van der Waals surface area contributed by atoms with Gasteiger partial charge in [0.2, 0.25) is 0 Å². The highest BCUT2D eigenvalue weighted by molar-refractivity contribution is 7.14. The summed E-state index contributed by atoms with van der Waals surface area (Å²) in [6.45, 7) is 7.29. The van der Waals surface area contributed by atoms with Crippen LogP contribution in [-0.4, -0.2) is 210 Å². The lowest BCUT2D eigenvalue weighted by Crippen LogP contribution is -2.53. The van der Waals surface area contributed by atoms with E-state index in [-0.39, 0.29) is 70.0 Å². The Morgan fingerprint density at radius 2 is 1.21 bits per heavy atom. The molecule has 0 radical (unpaired) electrons. The van der Waals surface area contributed by atoms with E-state index in [9.17, 15) is 42.7 Å². The van der Waals surface area contributed by atoms with E-state index in [1.807, 2.05) is 38.9 Å². The Kier molecular flexibility index (Phi) is 20.9. The van der Waals surface area contributed by atoms with Crippen LogP contribution < -0.4 is 25.3 Å². The molecule has 33 heteroatoms. The second kappa shape index (κ2) is 30.1. The van der Waals surface area contributed by atoms with Crippen molar-refractivity contribution in [1.29, 1.82) is 0 Å². The number of ether oxygens (including phenoxy) is 3. The van der Waals surface area contributed by atoms with Crippen LogP contribution in [0.15, 0.2) is 134 Å². The van der Waals surface area contributed by atoms with E-state index in [0.29, 0.717) is 157 Å². The van der Waals surface area contributed by atoms with Crippen LogP contribution in [0, 0.1) is 24.4 Å². The Balaban J connectivity index is 0.000000181. The van der Waals surface area contributed by atoms with Crippen LogP contribution in [0.4, 0.5) is 39.3 Å². The van der Waals surface area contributed by atoms with Crippen molar-refractivity contribution in [2.24, 2.45) is 9.98 Å². The fourth-order valence-electron chi connectivity index (χ4n) is 13.5. The Morgan fingerprint density at radius 1 is 0.653 bits per heavy atom. The first kappa shape index (κ1) is 70.1. The van der Waals surface area contributed by atoms with Gasteiger partial charge in [-0.1, -0.05) is 35.3 Å². The zero-order valence-corrected chi connectivity index (χ0v) is 58.3. The van der Waals surface area contributed by atoms with Crippen LogP contribution in [0.3, 0.4) is 0 Å². The minimum atomic E-state index is -1.02. The van der Waals surface area contributed by atoms with E-state index in [1.165, 1.54) is 96.8 Å². The summed E-state index contributed by atoms with van der Waals surface area (Å²) in [4.78, 5) is 113. The number of anilines is 3. The standard InChI is InChI=1S/C35H36ClF2N7O6S.C33H29ClFN7O5S2/c1-50-34(48)30-28(40-32(33-39-6-11-52-33)41-31(30)26-4-2-20(37)14-27(26)36)19-42-7-8-44-24(16-42)17-45(35(44)49)23-13-21(38)12-22(15-23)43-9-10-51-25(18-43)3-5-29(46)47;1-17-9-18(11-19(10-17)30(43)44)25-16-49-32(38-25)42-14-21-13-40(6-7-41(21)33(42)46)15-24-26(31(45)47-2)27(22-4-3-20(35)12-23(22)34)39-28(37-24)29-36-5-8-48-29/h2,4,6,11-15,24-25,31H,3,5,7-10,16-19H2,1H3,(H,40,41)(H,46,47);3-5,8-12,16,21,27H,6-7,13-15H2,1-2H3,(H,37,39)(H,43,44)/t24-,25+,31-;21-,27-/m00/s1. The molecule has 4 aromatic carbocycles. The summed E-state index contributed by atoms with van der Waals surface area (Å²) in [5.41, 5.74) is 5.71. The number of rotatable bonds is 18. The lowest BCUT2D eigenvalue weighted by Gasteiger charge is -2.38. The number of nitrogens with zero attached hydrogens (tertiary/aromatic N) is 12. The Morgan fingerprint density at radius 3 is 1.73 bits per heavy atom. The number of aliphatic carboxylic acids is 1. The number of carbonyl (C=O) groups excluding carboxylic acids is 4. The number of fused-ring (bicyclic) bond motifs is 2. The van der Waals surface area contributed by atoms with Crippen molar-refractivity contribution in [2.75, 3.05) is 114 Å². The highest BCUT2D eigenvalue weighted by Gasteiger charge is 2.46. The molecule has 5 atom stereocenters. The molecule has 5 saturated heterocycles. The molecule has 7 aliphatic heterocycles. The molecule has 5 fully saturated rings. The molecular formula is C68H65Cl2F3N14O11S3. The van der Waals surface area contributed by atoms with Crippen LogP contribution in [0.5, 0.6) is 0 Å². The van der Waals surface area contributed by atoms with Gasteiger partial charge in [-0.05, 0) is 79.6 Å². The number of benzene rings is 4. The molecule has 0 spiro atoms. The molecule has 4 N–H and O–H groups in total. The van der Waals surface area contributed by atoms with Gasteiger partial charge in [0.25, 0.3) is 0 Å². The number of carbonyl (C=O) groups is 6. The van der Waals surface area contributed by atoms with Gasteiger partial charge in [-0.2, -0.15) is 0 Å². The van der Waals surface area contributed by atoms with Gasteiger partial charge < -0.3 is 49.8 Å². The van der Waals surface area contributed by atoms with Gasteiger partial charge in [0.05, 0.1) is 73.6 Å². The van der Waals surface area contributed by atoms with Gasteiger partial charge in [0.15, 0.2) is 26.8 Å². The number of halogens is 5. The van der Waals surface area contributed by atoms with E-state index in [0.717, 1.165) is 5.56 Å². The maximum atomic E-state index is 15.1. The van der Waals surface area contributed by atoms with Crippen molar-refractivity contribution in [3.8, 4) is 11.3 Å². The molecule has 0 unspecified atom stereocenters. The fourth-order valence-corrected chi connectivity index (χ4v) is 16.0. The molecule has 14 rings (SSSR count). The Hall–Kier alpha value is -9.34. The highest BCUT2D eigenvalue weighted by atomic mass is 35.5. The van der Waals surface area contributed by atoms with Gasteiger partial charge in [0, 0.05) is 151 Å². The van der Waals surface area contributed by atoms with Gasteiger partial charge in [-0.15, -0.1) is 34.0 Å². The van der Waals surface area contributed by atoms with Gasteiger partial charge in [-0.25, -0.2) is 52.1 Å².